The van der Waals surface area contributed by atoms with Gasteiger partial charge in [0.15, 0.2) is 5.65 Å². The lowest BCUT2D eigenvalue weighted by atomic mass is 10.2. The molecule has 128 valence electrons. The fourth-order valence-corrected chi connectivity index (χ4v) is 4.08. The highest BCUT2D eigenvalue weighted by Gasteiger charge is 2.26. The smallest absolute Gasteiger partial charge is 0.267 e. The number of anilines is 1. The Morgan fingerprint density at radius 1 is 1.21 bits per heavy atom. The Labute approximate surface area is 140 Å². The Hall–Kier alpha value is -2.42. The zero-order valence-corrected chi connectivity index (χ0v) is 14.9. The van der Waals surface area contributed by atoms with Crippen molar-refractivity contribution in [3.63, 3.8) is 0 Å². The van der Waals surface area contributed by atoms with Crippen LogP contribution in [0.5, 0.6) is 0 Å². The summed E-state index contributed by atoms with van der Waals surface area (Å²) >= 11 is 0. The van der Waals surface area contributed by atoms with E-state index in [2.05, 4.69) is 33.9 Å². The predicted molar refractivity (Wildman–Crippen MR) is 90.3 cm³/mol. The van der Waals surface area contributed by atoms with Crippen LogP contribution >= 0.6 is 0 Å². The van der Waals surface area contributed by atoms with Gasteiger partial charge in [-0.2, -0.15) is 5.10 Å². The number of hydrogen-bond donors (Lipinski definition) is 1. The van der Waals surface area contributed by atoms with Crippen molar-refractivity contribution in [2.24, 2.45) is 5.92 Å². The third kappa shape index (κ3) is 2.86. The van der Waals surface area contributed by atoms with E-state index in [0.29, 0.717) is 29.5 Å². The van der Waals surface area contributed by atoms with E-state index in [4.69, 9.17) is 0 Å². The van der Waals surface area contributed by atoms with E-state index in [9.17, 15) is 8.42 Å². The van der Waals surface area contributed by atoms with Crippen molar-refractivity contribution >= 4 is 21.6 Å². The molecule has 3 aromatic heterocycles. The van der Waals surface area contributed by atoms with Crippen molar-refractivity contribution in [2.75, 3.05) is 4.72 Å². The lowest BCUT2D eigenvalue weighted by Gasteiger charge is -2.09. The largest absolute Gasteiger partial charge is 0.268 e. The maximum Gasteiger partial charge on any atom is 0.267 e. The maximum atomic E-state index is 12.8. The van der Waals surface area contributed by atoms with Crippen LogP contribution in [0.15, 0.2) is 29.3 Å². The molecule has 0 saturated carbocycles. The SMILES string of the molecule is Cc1nn(CC(C)C)c(C)c1S(=O)(=O)Nc1nnc2ccccn12. The first-order valence-corrected chi connectivity index (χ1v) is 9.14. The highest BCUT2D eigenvalue weighted by molar-refractivity contribution is 7.92. The molecule has 0 bridgehead atoms. The number of fused-ring (bicyclic) bond motifs is 1. The third-order valence-electron chi connectivity index (χ3n) is 3.66. The topological polar surface area (TPSA) is 94.2 Å². The van der Waals surface area contributed by atoms with Crippen molar-refractivity contribution in [2.45, 2.75) is 39.1 Å². The van der Waals surface area contributed by atoms with Gasteiger partial charge < -0.3 is 0 Å². The Morgan fingerprint density at radius 3 is 2.67 bits per heavy atom. The first kappa shape index (κ1) is 16.4. The van der Waals surface area contributed by atoms with Gasteiger partial charge in [-0.25, -0.2) is 13.1 Å². The Morgan fingerprint density at radius 2 is 1.96 bits per heavy atom. The van der Waals surface area contributed by atoms with Crippen LogP contribution < -0.4 is 4.72 Å². The van der Waals surface area contributed by atoms with Gasteiger partial charge in [0.1, 0.15) is 4.90 Å². The number of nitrogens with zero attached hydrogens (tertiary/aromatic N) is 5. The number of aryl methyl sites for hydroxylation is 1. The van der Waals surface area contributed by atoms with Gasteiger partial charge in [-0.05, 0) is 31.9 Å². The first-order valence-electron chi connectivity index (χ1n) is 7.66. The van der Waals surface area contributed by atoms with Crippen LogP contribution in [0.1, 0.15) is 25.2 Å². The molecule has 3 heterocycles. The zero-order chi connectivity index (χ0) is 17.5. The van der Waals surface area contributed by atoms with Crippen molar-refractivity contribution in [3.8, 4) is 0 Å². The monoisotopic (exact) mass is 348 g/mol. The van der Waals surface area contributed by atoms with Crippen LogP contribution in [0.3, 0.4) is 0 Å². The predicted octanol–water partition coefficient (Wildman–Crippen LogP) is 2.00. The van der Waals surface area contributed by atoms with Gasteiger partial charge in [-0.15, -0.1) is 10.2 Å². The molecule has 0 fully saturated rings. The lowest BCUT2D eigenvalue weighted by Crippen LogP contribution is -2.17. The Balaban J connectivity index is 2.01. The maximum absolute atomic E-state index is 12.8. The van der Waals surface area contributed by atoms with Crippen LogP contribution in [0.25, 0.3) is 5.65 Å². The van der Waals surface area contributed by atoms with Gasteiger partial charge in [0.25, 0.3) is 10.0 Å². The fourth-order valence-electron chi connectivity index (χ4n) is 2.68. The average molecular weight is 348 g/mol. The van der Waals surface area contributed by atoms with Gasteiger partial charge in [0.2, 0.25) is 5.95 Å². The summed E-state index contributed by atoms with van der Waals surface area (Å²) in [6.07, 6.45) is 1.70. The molecule has 0 aliphatic rings. The first-order chi connectivity index (χ1) is 11.3. The standard InChI is InChI=1S/C15H20N6O2S/c1-10(2)9-21-12(4)14(11(3)18-21)24(22,23)19-15-17-16-13-7-5-6-8-20(13)15/h5-8,10H,9H2,1-4H3,(H,17,19). The Kier molecular flexibility index (Phi) is 4.04. The van der Waals surface area contributed by atoms with Gasteiger partial charge >= 0.3 is 0 Å². The minimum Gasteiger partial charge on any atom is -0.268 e. The number of sulfonamides is 1. The highest BCUT2D eigenvalue weighted by Crippen LogP contribution is 2.23. The molecule has 0 atom stereocenters. The average Bonchev–Trinajstić information content (AvgIpc) is 3.00. The summed E-state index contributed by atoms with van der Waals surface area (Å²) in [7, 11) is -3.81. The summed E-state index contributed by atoms with van der Waals surface area (Å²) < 4.78 is 31.5. The van der Waals surface area contributed by atoms with Crippen molar-refractivity contribution in [3.05, 3.63) is 35.8 Å². The number of rotatable bonds is 5. The molecule has 3 aromatic rings. The van der Waals surface area contributed by atoms with Gasteiger partial charge in [-0.1, -0.05) is 19.9 Å². The molecule has 0 aromatic carbocycles. The number of nitrogens with one attached hydrogen (secondary N) is 1. The molecule has 9 heteroatoms. The van der Waals surface area contributed by atoms with E-state index in [1.165, 1.54) is 0 Å². The summed E-state index contributed by atoms with van der Waals surface area (Å²) in [6, 6.07) is 5.35. The van der Waals surface area contributed by atoms with Crippen molar-refractivity contribution in [1.82, 2.24) is 24.4 Å². The zero-order valence-electron chi connectivity index (χ0n) is 14.1. The van der Waals surface area contributed by atoms with E-state index in [-0.39, 0.29) is 10.8 Å². The molecule has 3 rings (SSSR count). The fraction of sp³-hybridized carbons (Fsp3) is 0.400. The van der Waals surface area contributed by atoms with Crippen molar-refractivity contribution in [1.29, 1.82) is 0 Å². The minimum atomic E-state index is -3.81. The lowest BCUT2D eigenvalue weighted by molar-refractivity contribution is 0.472. The van der Waals surface area contributed by atoms with Crippen LogP contribution in [-0.2, 0) is 16.6 Å². The number of aromatic nitrogens is 5. The second kappa shape index (κ2) is 5.90. The van der Waals surface area contributed by atoms with E-state index in [1.54, 1.807) is 41.3 Å². The second-order valence-electron chi connectivity index (χ2n) is 6.13. The van der Waals surface area contributed by atoms with Crippen LogP contribution in [0.2, 0.25) is 0 Å². The van der Waals surface area contributed by atoms with Crippen LogP contribution in [0.4, 0.5) is 5.95 Å². The molecule has 0 spiro atoms. The second-order valence-corrected chi connectivity index (χ2v) is 7.75. The number of pyridine rings is 1. The van der Waals surface area contributed by atoms with Crippen molar-refractivity contribution < 1.29 is 8.42 Å². The molecule has 0 amide bonds. The molecule has 0 aliphatic heterocycles. The Bertz CT molecular complexity index is 987. The molecule has 8 nitrogen and oxygen atoms in total. The highest BCUT2D eigenvalue weighted by atomic mass is 32.2. The summed E-state index contributed by atoms with van der Waals surface area (Å²) in [5.74, 6) is 0.521. The summed E-state index contributed by atoms with van der Waals surface area (Å²) in [4.78, 5) is 0.191. The minimum absolute atomic E-state index is 0.154. The summed E-state index contributed by atoms with van der Waals surface area (Å²) in [5.41, 5.74) is 1.65. The summed E-state index contributed by atoms with van der Waals surface area (Å²) in [5, 5.41) is 12.2. The van der Waals surface area contributed by atoms with E-state index < -0.39 is 10.0 Å². The van der Waals surface area contributed by atoms with Gasteiger partial charge in [-0.3, -0.25) is 9.08 Å². The van der Waals surface area contributed by atoms with E-state index in [1.807, 2.05) is 6.07 Å². The molecular formula is C15H20N6O2S. The van der Waals surface area contributed by atoms with E-state index in [0.717, 1.165) is 0 Å². The molecule has 24 heavy (non-hydrogen) atoms. The molecule has 1 N–H and O–H groups in total. The quantitative estimate of drug-likeness (QED) is 0.761. The molecule has 0 radical (unpaired) electrons. The molecular weight excluding hydrogens is 328 g/mol. The molecule has 0 unspecified atom stereocenters. The summed E-state index contributed by atoms with van der Waals surface area (Å²) in [6.45, 7) is 8.24. The van der Waals surface area contributed by atoms with Gasteiger partial charge in [0, 0.05) is 12.7 Å². The van der Waals surface area contributed by atoms with Crippen LogP contribution in [-0.4, -0.2) is 32.8 Å². The van der Waals surface area contributed by atoms with Gasteiger partial charge in [0.05, 0.1) is 11.4 Å². The van der Waals surface area contributed by atoms with E-state index >= 15 is 0 Å². The third-order valence-corrected chi connectivity index (χ3v) is 5.24. The molecule has 0 saturated heterocycles. The molecule has 0 aliphatic carbocycles. The van der Waals surface area contributed by atoms with Crippen LogP contribution in [0, 0.1) is 19.8 Å². The number of hydrogen-bond acceptors (Lipinski definition) is 5. The normalized spacial score (nSPS) is 12.2.